The van der Waals surface area contributed by atoms with Crippen LogP contribution in [0.3, 0.4) is 0 Å². The third-order valence-electron chi connectivity index (χ3n) is 5.35. The Morgan fingerprint density at radius 1 is 1.12 bits per heavy atom. The molecular weight excluding hydrogens is 332 g/mol. The molecule has 6 heteroatoms. The van der Waals surface area contributed by atoms with E-state index in [2.05, 4.69) is 17.5 Å². The number of nitro benzene ring substituents is 1. The molecule has 134 valence electrons. The molecule has 0 aromatic heterocycles. The van der Waals surface area contributed by atoms with Gasteiger partial charge in [-0.2, -0.15) is 0 Å². The molecule has 1 N–H and O–H groups in total. The first-order valence-electron chi connectivity index (χ1n) is 8.57. The van der Waals surface area contributed by atoms with E-state index in [1.165, 1.54) is 6.07 Å². The summed E-state index contributed by atoms with van der Waals surface area (Å²) in [5.74, 6) is 1.58. The largest absolute Gasteiger partial charge is 0.496 e. The standard InChI is InChI=1S/C20H20N2O4/c1-25-16-9-4-3-6-14(16)19-13-8-5-7-12(13)18-15(22(23)24)10-11-17(26-2)20(18)21-19/h3-7,9-13,19,21H,8H2,1-2H3/t12-,13+,19-/m1/s1. The van der Waals surface area contributed by atoms with Gasteiger partial charge in [0.1, 0.15) is 11.5 Å². The predicted molar refractivity (Wildman–Crippen MR) is 99.0 cm³/mol. The first-order valence-corrected chi connectivity index (χ1v) is 8.57. The number of hydrogen-bond donors (Lipinski definition) is 1. The summed E-state index contributed by atoms with van der Waals surface area (Å²) in [5, 5.41) is 15.1. The van der Waals surface area contributed by atoms with E-state index in [-0.39, 0.29) is 28.5 Å². The Hall–Kier alpha value is -3.02. The number of nitrogens with zero attached hydrogens (tertiary/aromatic N) is 1. The number of ether oxygens (including phenoxy) is 2. The van der Waals surface area contributed by atoms with Crippen LogP contribution in [0.1, 0.15) is 29.5 Å². The van der Waals surface area contributed by atoms with Crippen LogP contribution in [0.4, 0.5) is 11.4 Å². The van der Waals surface area contributed by atoms with E-state index in [9.17, 15) is 10.1 Å². The van der Waals surface area contributed by atoms with Gasteiger partial charge in [-0.3, -0.25) is 10.1 Å². The zero-order chi connectivity index (χ0) is 18.3. The lowest BCUT2D eigenvalue weighted by atomic mass is 9.76. The third kappa shape index (κ3) is 2.41. The number of anilines is 1. The normalized spacial score (nSPS) is 22.9. The number of allylic oxidation sites excluding steroid dienone is 2. The quantitative estimate of drug-likeness (QED) is 0.500. The van der Waals surface area contributed by atoms with Crippen LogP contribution in [0.25, 0.3) is 0 Å². The summed E-state index contributed by atoms with van der Waals surface area (Å²) in [6.07, 6.45) is 5.05. The number of nitro groups is 1. The molecule has 0 saturated carbocycles. The molecule has 1 aliphatic heterocycles. The van der Waals surface area contributed by atoms with Gasteiger partial charge < -0.3 is 14.8 Å². The van der Waals surface area contributed by atoms with Gasteiger partial charge in [0.05, 0.1) is 36.4 Å². The monoisotopic (exact) mass is 352 g/mol. The van der Waals surface area contributed by atoms with E-state index in [0.717, 1.165) is 17.7 Å². The van der Waals surface area contributed by atoms with E-state index >= 15 is 0 Å². The average Bonchev–Trinajstić information content (AvgIpc) is 3.16. The van der Waals surface area contributed by atoms with Crippen LogP contribution >= 0.6 is 0 Å². The fraction of sp³-hybridized carbons (Fsp3) is 0.300. The SMILES string of the molecule is COc1ccccc1[C@@H]1Nc2c(OC)ccc([N+](=O)[O-])c2[C@@H]2C=CC[C@@H]21. The van der Waals surface area contributed by atoms with Gasteiger partial charge in [0.15, 0.2) is 0 Å². The molecule has 4 rings (SSSR count). The van der Waals surface area contributed by atoms with Gasteiger partial charge in [0, 0.05) is 17.5 Å². The van der Waals surface area contributed by atoms with Crippen LogP contribution in [-0.2, 0) is 0 Å². The molecule has 1 heterocycles. The topological polar surface area (TPSA) is 73.6 Å². The van der Waals surface area contributed by atoms with E-state index < -0.39 is 0 Å². The molecule has 1 aliphatic carbocycles. The van der Waals surface area contributed by atoms with E-state index in [0.29, 0.717) is 17.0 Å². The molecule has 2 aliphatic rings. The van der Waals surface area contributed by atoms with Crippen LogP contribution < -0.4 is 14.8 Å². The van der Waals surface area contributed by atoms with Crippen LogP contribution in [-0.4, -0.2) is 19.1 Å². The molecule has 0 saturated heterocycles. The van der Waals surface area contributed by atoms with Crippen molar-refractivity contribution in [2.24, 2.45) is 5.92 Å². The Labute approximate surface area is 151 Å². The number of hydrogen-bond acceptors (Lipinski definition) is 5. The summed E-state index contributed by atoms with van der Waals surface area (Å²) in [4.78, 5) is 11.3. The lowest BCUT2D eigenvalue weighted by molar-refractivity contribution is -0.385. The highest BCUT2D eigenvalue weighted by Gasteiger charge is 2.43. The van der Waals surface area contributed by atoms with Gasteiger partial charge in [-0.25, -0.2) is 0 Å². The molecule has 0 fully saturated rings. The number of methoxy groups -OCH3 is 2. The third-order valence-corrected chi connectivity index (χ3v) is 5.35. The first-order chi connectivity index (χ1) is 12.7. The van der Waals surface area contributed by atoms with Crippen molar-refractivity contribution in [1.82, 2.24) is 0 Å². The molecular formula is C20H20N2O4. The molecule has 0 radical (unpaired) electrons. The van der Waals surface area contributed by atoms with Crippen LogP contribution in [0, 0.1) is 16.0 Å². The minimum Gasteiger partial charge on any atom is -0.496 e. The zero-order valence-electron chi connectivity index (χ0n) is 14.6. The second-order valence-corrected chi connectivity index (χ2v) is 6.55. The van der Waals surface area contributed by atoms with Crippen molar-refractivity contribution in [3.63, 3.8) is 0 Å². The minimum atomic E-state index is -0.313. The Morgan fingerprint density at radius 3 is 2.62 bits per heavy atom. The molecule has 6 nitrogen and oxygen atoms in total. The van der Waals surface area contributed by atoms with E-state index in [4.69, 9.17) is 9.47 Å². The molecule has 3 atom stereocenters. The van der Waals surface area contributed by atoms with Gasteiger partial charge in [-0.1, -0.05) is 30.4 Å². The van der Waals surface area contributed by atoms with Crippen molar-refractivity contribution in [2.45, 2.75) is 18.4 Å². The smallest absolute Gasteiger partial charge is 0.275 e. The molecule has 0 unspecified atom stereocenters. The van der Waals surface area contributed by atoms with Crippen LogP contribution in [0.5, 0.6) is 11.5 Å². The fourth-order valence-corrected chi connectivity index (χ4v) is 4.22. The summed E-state index contributed by atoms with van der Waals surface area (Å²) >= 11 is 0. The maximum absolute atomic E-state index is 11.6. The molecule has 26 heavy (non-hydrogen) atoms. The van der Waals surface area contributed by atoms with E-state index in [1.54, 1.807) is 20.3 Å². The number of fused-ring (bicyclic) bond motifs is 3. The summed E-state index contributed by atoms with van der Waals surface area (Å²) in [5.41, 5.74) is 2.59. The van der Waals surface area contributed by atoms with E-state index in [1.807, 2.05) is 24.3 Å². The zero-order valence-corrected chi connectivity index (χ0v) is 14.6. The fourth-order valence-electron chi connectivity index (χ4n) is 4.22. The lowest BCUT2D eigenvalue weighted by Crippen LogP contribution is -2.30. The van der Waals surface area contributed by atoms with Crippen molar-refractivity contribution < 1.29 is 14.4 Å². The minimum absolute atomic E-state index is 0.0189. The Kier molecular flexibility index (Phi) is 4.03. The first kappa shape index (κ1) is 16.4. The summed E-state index contributed by atoms with van der Waals surface area (Å²) in [6, 6.07) is 11.1. The average molecular weight is 352 g/mol. The van der Waals surface area contributed by atoms with Crippen molar-refractivity contribution >= 4 is 11.4 Å². The van der Waals surface area contributed by atoms with Crippen molar-refractivity contribution in [3.05, 3.63) is 69.8 Å². The Morgan fingerprint density at radius 2 is 1.88 bits per heavy atom. The Balaban J connectivity index is 1.90. The van der Waals surface area contributed by atoms with Crippen molar-refractivity contribution in [2.75, 3.05) is 19.5 Å². The summed E-state index contributed by atoms with van der Waals surface area (Å²) in [6.45, 7) is 0. The molecule has 0 amide bonds. The summed E-state index contributed by atoms with van der Waals surface area (Å²) in [7, 11) is 3.24. The highest BCUT2D eigenvalue weighted by atomic mass is 16.6. The highest BCUT2D eigenvalue weighted by molar-refractivity contribution is 5.74. The molecule has 0 bridgehead atoms. The molecule has 0 spiro atoms. The number of nitrogens with one attached hydrogen (secondary N) is 1. The van der Waals surface area contributed by atoms with Gasteiger partial charge >= 0.3 is 0 Å². The maximum Gasteiger partial charge on any atom is 0.275 e. The highest BCUT2D eigenvalue weighted by Crippen LogP contribution is 2.55. The number of para-hydroxylation sites is 1. The maximum atomic E-state index is 11.6. The number of rotatable bonds is 4. The molecule has 2 aromatic rings. The van der Waals surface area contributed by atoms with Crippen molar-refractivity contribution in [1.29, 1.82) is 0 Å². The molecule has 2 aromatic carbocycles. The van der Waals surface area contributed by atoms with Crippen molar-refractivity contribution in [3.8, 4) is 11.5 Å². The Bertz CT molecular complexity index is 893. The predicted octanol–water partition coefficient (Wildman–Crippen LogP) is 4.44. The van der Waals surface area contributed by atoms with Gasteiger partial charge in [0.2, 0.25) is 0 Å². The lowest BCUT2D eigenvalue weighted by Gasteiger charge is -2.38. The second-order valence-electron chi connectivity index (χ2n) is 6.55. The van der Waals surface area contributed by atoms with Crippen LogP contribution in [0.2, 0.25) is 0 Å². The van der Waals surface area contributed by atoms with Gasteiger partial charge in [-0.15, -0.1) is 0 Å². The number of benzene rings is 2. The summed E-state index contributed by atoms with van der Waals surface area (Å²) < 4.78 is 11.0. The van der Waals surface area contributed by atoms with Crippen LogP contribution in [0.15, 0.2) is 48.6 Å². The van der Waals surface area contributed by atoms with Gasteiger partial charge in [-0.05, 0) is 24.5 Å². The second kappa shape index (κ2) is 6.37. The van der Waals surface area contributed by atoms with Gasteiger partial charge in [0.25, 0.3) is 5.69 Å².